The van der Waals surface area contributed by atoms with Crippen LogP contribution in [0.1, 0.15) is 12.5 Å². The normalized spacial score (nSPS) is 11.5. The van der Waals surface area contributed by atoms with Gasteiger partial charge in [0.25, 0.3) is 11.1 Å². The standard InChI is InChI=1S/C19H16N6O3/c1-2-25-13-7-4-3-6-11(13)16(26)14(18(25)28)15-12(17(27)24-23-15)10-22-19-20-8-5-9-21-19/h3-10,26H,2H2,1H3,(H2,23,24,27). The van der Waals surface area contributed by atoms with Crippen molar-refractivity contribution in [2.24, 2.45) is 4.99 Å². The van der Waals surface area contributed by atoms with Crippen LogP contribution in [0.15, 0.2) is 57.3 Å². The molecule has 0 bridgehead atoms. The van der Waals surface area contributed by atoms with E-state index >= 15 is 0 Å². The molecule has 4 aromatic rings. The Kier molecular flexibility index (Phi) is 4.32. The van der Waals surface area contributed by atoms with E-state index in [0.717, 1.165) is 0 Å². The second-order valence-corrected chi connectivity index (χ2v) is 5.96. The van der Waals surface area contributed by atoms with Crippen molar-refractivity contribution >= 4 is 23.1 Å². The molecule has 28 heavy (non-hydrogen) atoms. The highest BCUT2D eigenvalue weighted by Crippen LogP contribution is 2.32. The average Bonchev–Trinajstić information content (AvgIpc) is 3.08. The molecule has 3 N–H and O–H groups in total. The monoisotopic (exact) mass is 376 g/mol. The molecule has 0 aliphatic rings. The van der Waals surface area contributed by atoms with E-state index in [-0.39, 0.29) is 28.5 Å². The van der Waals surface area contributed by atoms with Crippen LogP contribution in [0.5, 0.6) is 5.75 Å². The van der Waals surface area contributed by atoms with E-state index < -0.39 is 11.1 Å². The molecule has 9 nitrogen and oxygen atoms in total. The number of hydrogen-bond donors (Lipinski definition) is 3. The van der Waals surface area contributed by atoms with Gasteiger partial charge in [-0.05, 0) is 25.1 Å². The summed E-state index contributed by atoms with van der Waals surface area (Å²) in [6.45, 7) is 2.24. The molecule has 0 atom stereocenters. The van der Waals surface area contributed by atoms with Crippen molar-refractivity contribution in [1.82, 2.24) is 24.7 Å². The van der Waals surface area contributed by atoms with Crippen LogP contribution in [0.25, 0.3) is 22.2 Å². The molecule has 0 aliphatic carbocycles. The number of pyridine rings is 1. The van der Waals surface area contributed by atoms with Crippen molar-refractivity contribution in [2.75, 3.05) is 0 Å². The fourth-order valence-electron chi connectivity index (χ4n) is 3.10. The van der Waals surface area contributed by atoms with Gasteiger partial charge < -0.3 is 9.67 Å². The summed E-state index contributed by atoms with van der Waals surface area (Å²) in [6.07, 6.45) is 4.32. The van der Waals surface area contributed by atoms with Crippen LogP contribution in [0, 0.1) is 0 Å². The van der Waals surface area contributed by atoms with Gasteiger partial charge >= 0.3 is 0 Å². The molecule has 3 heterocycles. The highest BCUT2D eigenvalue weighted by Gasteiger charge is 2.22. The number of aliphatic imine (C=N–C) groups is 1. The Hall–Kier alpha value is -4.01. The third-order valence-corrected chi connectivity index (χ3v) is 4.39. The number of nitrogens with zero attached hydrogens (tertiary/aromatic N) is 4. The topological polar surface area (TPSA) is 129 Å². The van der Waals surface area contributed by atoms with Gasteiger partial charge in [-0.1, -0.05) is 12.1 Å². The maximum Gasteiger partial charge on any atom is 0.273 e. The molecule has 0 saturated heterocycles. The SMILES string of the molecule is CCn1c(=O)c(-c2[nH][nH]c(=O)c2C=Nc2ncccn2)c(O)c2ccccc21. The lowest BCUT2D eigenvalue weighted by atomic mass is 10.0. The van der Waals surface area contributed by atoms with Gasteiger partial charge in [-0.3, -0.25) is 19.8 Å². The highest BCUT2D eigenvalue weighted by molar-refractivity contribution is 5.96. The van der Waals surface area contributed by atoms with E-state index in [9.17, 15) is 14.7 Å². The number of aromatic amines is 2. The molecule has 0 saturated carbocycles. The lowest BCUT2D eigenvalue weighted by molar-refractivity contribution is 0.481. The minimum atomic E-state index is -0.482. The Labute approximate surface area is 158 Å². The van der Waals surface area contributed by atoms with Crippen LogP contribution in [0.2, 0.25) is 0 Å². The molecule has 0 unspecified atom stereocenters. The lowest BCUT2D eigenvalue weighted by Gasteiger charge is -2.13. The predicted octanol–water partition coefficient (Wildman–Crippen LogP) is 1.95. The molecule has 1 aromatic carbocycles. The Morgan fingerprint density at radius 2 is 1.89 bits per heavy atom. The van der Waals surface area contributed by atoms with Crippen LogP contribution in [0.4, 0.5) is 5.95 Å². The molecule has 0 radical (unpaired) electrons. The summed E-state index contributed by atoms with van der Waals surface area (Å²) in [7, 11) is 0. The molecule has 0 spiro atoms. The van der Waals surface area contributed by atoms with E-state index in [1.165, 1.54) is 23.2 Å². The average molecular weight is 376 g/mol. The van der Waals surface area contributed by atoms with Crippen molar-refractivity contribution in [2.45, 2.75) is 13.5 Å². The number of hydrogen-bond acceptors (Lipinski definition) is 6. The number of benzene rings is 1. The number of aromatic nitrogens is 5. The molecule has 3 aromatic heterocycles. The van der Waals surface area contributed by atoms with Gasteiger partial charge in [-0.15, -0.1) is 0 Å². The van der Waals surface area contributed by atoms with Crippen LogP contribution in [-0.4, -0.2) is 36.1 Å². The van der Waals surface area contributed by atoms with Crippen molar-refractivity contribution < 1.29 is 5.11 Å². The quantitative estimate of drug-likeness (QED) is 0.469. The number of para-hydroxylation sites is 1. The summed E-state index contributed by atoms with van der Waals surface area (Å²) in [5.74, 6) is -0.0334. The molecular weight excluding hydrogens is 360 g/mol. The summed E-state index contributed by atoms with van der Waals surface area (Å²) >= 11 is 0. The first kappa shape index (κ1) is 17.4. The predicted molar refractivity (Wildman–Crippen MR) is 105 cm³/mol. The Balaban J connectivity index is 1.97. The zero-order valence-corrected chi connectivity index (χ0v) is 14.9. The molecule has 0 amide bonds. The van der Waals surface area contributed by atoms with Gasteiger partial charge in [-0.2, -0.15) is 0 Å². The Morgan fingerprint density at radius 1 is 1.14 bits per heavy atom. The summed E-state index contributed by atoms with van der Waals surface area (Å²) < 4.78 is 1.54. The number of aromatic hydroxyl groups is 1. The van der Waals surface area contributed by atoms with E-state index in [2.05, 4.69) is 25.2 Å². The fraction of sp³-hybridized carbons (Fsp3) is 0.105. The van der Waals surface area contributed by atoms with Crippen molar-refractivity contribution in [3.8, 4) is 17.0 Å². The zero-order chi connectivity index (χ0) is 19.7. The van der Waals surface area contributed by atoms with Gasteiger partial charge in [0.2, 0.25) is 5.95 Å². The second kappa shape index (κ2) is 6.95. The van der Waals surface area contributed by atoms with Crippen LogP contribution < -0.4 is 11.1 Å². The Morgan fingerprint density at radius 3 is 2.64 bits per heavy atom. The smallest absolute Gasteiger partial charge is 0.273 e. The summed E-state index contributed by atoms with van der Waals surface area (Å²) in [5, 5.41) is 16.4. The number of nitrogens with one attached hydrogen (secondary N) is 2. The maximum absolute atomic E-state index is 13.1. The first-order valence-electron chi connectivity index (χ1n) is 8.58. The maximum atomic E-state index is 13.1. The largest absolute Gasteiger partial charge is 0.506 e. The van der Waals surface area contributed by atoms with E-state index in [1.54, 1.807) is 30.3 Å². The molecule has 9 heteroatoms. The second-order valence-electron chi connectivity index (χ2n) is 5.96. The molecular formula is C19H16N6O3. The molecule has 4 rings (SSSR count). The third-order valence-electron chi connectivity index (χ3n) is 4.39. The van der Waals surface area contributed by atoms with Crippen LogP contribution in [-0.2, 0) is 6.54 Å². The van der Waals surface area contributed by atoms with Crippen molar-refractivity contribution in [3.05, 3.63) is 69.0 Å². The van der Waals surface area contributed by atoms with Crippen molar-refractivity contribution in [1.29, 1.82) is 0 Å². The minimum absolute atomic E-state index is 0.00525. The van der Waals surface area contributed by atoms with E-state index in [4.69, 9.17) is 0 Å². The molecule has 0 fully saturated rings. The van der Waals surface area contributed by atoms with E-state index in [1.807, 2.05) is 6.92 Å². The van der Waals surface area contributed by atoms with Crippen molar-refractivity contribution in [3.63, 3.8) is 0 Å². The molecule has 140 valence electrons. The Bertz CT molecular complexity index is 1300. The zero-order valence-electron chi connectivity index (χ0n) is 14.9. The van der Waals surface area contributed by atoms with Gasteiger partial charge in [0.1, 0.15) is 11.3 Å². The summed E-state index contributed by atoms with van der Waals surface area (Å²) in [4.78, 5) is 37.4. The summed E-state index contributed by atoms with van der Waals surface area (Å²) in [6, 6.07) is 8.69. The first-order valence-corrected chi connectivity index (χ1v) is 8.58. The van der Waals surface area contributed by atoms with Crippen LogP contribution in [0.3, 0.4) is 0 Å². The van der Waals surface area contributed by atoms with E-state index in [0.29, 0.717) is 17.4 Å². The summed E-state index contributed by atoms with van der Waals surface area (Å²) in [5.41, 5.74) is -0.0430. The van der Waals surface area contributed by atoms with Gasteiger partial charge in [0, 0.05) is 30.5 Å². The van der Waals surface area contributed by atoms with Gasteiger partial charge in [0.15, 0.2) is 0 Å². The number of fused-ring (bicyclic) bond motifs is 1. The first-order chi connectivity index (χ1) is 13.6. The fourth-order valence-corrected chi connectivity index (χ4v) is 3.10. The highest BCUT2D eigenvalue weighted by atomic mass is 16.3. The third kappa shape index (κ3) is 2.78. The number of rotatable bonds is 4. The van der Waals surface area contributed by atoms with Gasteiger partial charge in [-0.25, -0.2) is 15.0 Å². The molecule has 0 aliphatic heterocycles. The minimum Gasteiger partial charge on any atom is -0.506 e. The number of aryl methyl sites for hydroxylation is 1. The van der Waals surface area contributed by atoms with Crippen LogP contribution >= 0.6 is 0 Å². The number of H-pyrrole nitrogens is 2. The van der Waals surface area contributed by atoms with Gasteiger partial charge in [0.05, 0.1) is 16.8 Å². The lowest BCUT2D eigenvalue weighted by Crippen LogP contribution is -2.22.